The van der Waals surface area contributed by atoms with Crippen LogP contribution in [0.4, 0.5) is 0 Å². The van der Waals surface area contributed by atoms with E-state index in [1.54, 1.807) is 18.9 Å². The normalized spacial score (nSPS) is 14.0. The Kier molecular flexibility index (Phi) is 3.87. The van der Waals surface area contributed by atoms with Gasteiger partial charge in [-0.25, -0.2) is 0 Å². The standard InChI is InChI=1S/C11H19N3O3/c1-7(9(15)16)14(5)6-8-12-10(17-13-8)11(2,3)4/h7H,6H2,1-5H3,(H,15,16). The summed E-state index contributed by atoms with van der Waals surface area (Å²) in [5.41, 5.74) is -0.192. The van der Waals surface area contributed by atoms with Gasteiger partial charge in [0, 0.05) is 5.41 Å². The Balaban J connectivity index is 2.70. The maximum atomic E-state index is 10.8. The minimum atomic E-state index is -0.868. The second-order valence-corrected chi connectivity index (χ2v) is 5.20. The summed E-state index contributed by atoms with van der Waals surface area (Å²) >= 11 is 0. The first kappa shape index (κ1) is 13.6. The highest BCUT2D eigenvalue weighted by molar-refractivity contribution is 5.72. The highest BCUT2D eigenvalue weighted by Crippen LogP contribution is 2.20. The largest absolute Gasteiger partial charge is 0.480 e. The van der Waals surface area contributed by atoms with E-state index >= 15 is 0 Å². The minimum absolute atomic E-state index is 0.192. The van der Waals surface area contributed by atoms with Crippen molar-refractivity contribution in [2.75, 3.05) is 7.05 Å². The minimum Gasteiger partial charge on any atom is -0.480 e. The third kappa shape index (κ3) is 3.52. The SMILES string of the molecule is CC(C(=O)O)N(C)Cc1noc(C(C)(C)C)n1. The molecule has 1 N–H and O–H groups in total. The molecule has 1 aromatic heterocycles. The molecule has 0 bridgehead atoms. The van der Waals surface area contributed by atoms with Crippen LogP contribution in [0.3, 0.4) is 0 Å². The van der Waals surface area contributed by atoms with Gasteiger partial charge in [0.25, 0.3) is 0 Å². The summed E-state index contributed by atoms with van der Waals surface area (Å²) < 4.78 is 5.13. The van der Waals surface area contributed by atoms with Crippen LogP contribution in [0.5, 0.6) is 0 Å². The van der Waals surface area contributed by atoms with Crippen LogP contribution < -0.4 is 0 Å². The van der Waals surface area contributed by atoms with Crippen molar-refractivity contribution < 1.29 is 14.4 Å². The second kappa shape index (κ2) is 4.83. The van der Waals surface area contributed by atoms with Crippen LogP contribution in [0.25, 0.3) is 0 Å². The molecular weight excluding hydrogens is 222 g/mol. The van der Waals surface area contributed by atoms with Gasteiger partial charge >= 0.3 is 5.97 Å². The molecule has 17 heavy (non-hydrogen) atoms. The maximum Gasteiger partial charge on any atom is 0.320 e. The molecule has 0 aliphatic carbocycles. The zero-order valence-corrected chi connectivity index (χ0v) is 10.9. The van der Waals surface area contributed by atoms with Crippen LogP contribution in [0.15, 0.2) is 4.52 Å². The zero-order valence-electron chi connectivity index (χ0n) is 10.9. The zero-order chi connectivity index (χ0) is 13.2. The Morgan fingerprint density at radius 2 is 2.12 bits per heavy atom. The Bertz CT molecular complexity index is 395. The average Bonchev–Trinajstić information content (AvgIpc) is 2.64. The number of carboxylic acid groups (broad SMARTS) is 1. The van der Waals surface area contributed by atoms with Crippen molar-refractivity contribution in [2.45, 2.75) is 45.7 Å². The fourth-order valence-electron chi connectivity index (χ4n) is 1.17. The molecule has 0 spiro atoms. The number of hydrogen-bond donors (Lipinski definition) is 1. The molecule has 1 rings (SSSR count). The van der Waals surface area contributed by atoms with Crippen LogP contribution in [0.1, 0.15) is 39.4 Å². The van der Waals surface area contributed by atoms with Gasteiger partial charge in [0.05, 0.1) is 6.54 Å². The van der Waals surface area contributed by atoms with Gasteiger partial charge in [-0.3, -0.25) is 9.69 Å². The lowest BCUT2D eigenvalue weighted by atomic mass is 9.97. The van der Waals surface area contributed by atoms with E-state index in [9.17, 15) is 4.79 Å². The maximum absolute atomic E-state index is 10.8. The van der Waals surface area contributed by atoms with Crippen LogP contribution >= 0.6 is 0 Å². The Morgan fingerprint density at radius 3 is 2.53 bits per heavy atom. The third-order valence-electron chi connectivity index (χ3n) is 2.52. The lowest BCUT2D eigenvalue weighted by Crippen LogP contribution is -2.35. The van der Waals surface area contributed by atoms with Crippen molar-refractivity contribution in [3.63, 3.8) is 0 Å². The topological polar surface area (TPSA) is 79.5 Å². The van der Waals surface area contributed by atoms with Crippen LogP contribution in [0, 0.1) is 0 Å². The molecular formula is C11H19N3O3. The van der Waals surface area contributed by atoms with E-state index in [4.69, 9.17) is 9.63 Å². The average molecular weight is 241 g/mol. The van der Waals surface area contributed by atoms with Gasteiger partial charge < -0.3 is 9.63 Å². The number of carboxylic acids is 1. The van der Waals surface area contributed by atoms with Gasteiger partial charge in [0.2, 0.25) is 5.89 Å². The predicted molar refractivity (Wildman–Crippen MR) is 61.6 cm³/mol. The van der Waals surface area contributed by atoms with E-state index in [2.05, 4.69) is 10.1 Å². The first-order valence-electron chi connectivity index (χ1n) is 5.48. The summed E-state index contributed by atoms with van der Waals surface area (Å²) in [6.45, 7) is 7.91. The summed E-state index contributed by atoms with van der Waals surface area (Å²) in [5.74, 6) is 0.196. The van der Waals surface area contributed by atoms with Gasteiger partial charge in [-0.1, -0.05) is 25.9 Å². The molecule has 0 fully saturated rings. The number of carbonyl (C=O) groups is 1. The van der Waals surface area contributed by atoms with Crippen molar-refractivity contribution in [1.29, 1.82) is 0 Å². The second-order valence-electron chi connectivity index (χ2n) is 5.20. The fourth-order valence-corrected chi connectivity index (χ4v) is 1.17. The molecule has 1 atom stereocenters. The first-order valence-corrected chi connectivity index (χ1v) is 5.48. The van der Waals surface area contributed by atoms with E-state index in [1.807, 2.05) is 20.8 Å². The quantitative estimate of drug-likeness (QED) is 0.855. The molecule has 96 valence electrons. The van der Waals surface area contributed by atoms with Gasteiger partial charge in [-0.2, -0.15) is 4.98 Å². The molecule has 1 heterocycles. The predicted octanol–water partition coefficient (Wildman–Crippen LogP) is 1.27. The molecule has 1 aromatic rings. The summed E-state index contributed by atoms with van der Waals surface area (Å²) in [4.78, 5) is 16.7. The molecule has 0 aliphatic rings. The smallest absolute Gasteiger partial charge is 0.320 e. The molecule has 0 aliphatic heterocycles. The third-order valence-corrected chi connectivity index (χ3v) is 2.52. The fraction of sp³-hybridized carbons (Fsp3) is 0.727. The Labute approximate surface area is 101 Å². The lowest BCUT2D eigenvalue weighted by Gasteiger charge is -2.18. The van der Waals surface area contributed by atoms with Gasteiger partial charge in [0.15, 0.2) is 5.82 Å². The van der Waals surface area contributed by atoms with E-state index in [-0.39, 0.29) is 5.41 Å². The van der Waals surface area contributed by atoms with E-state index in [0.717, 1.165) is 0 Å². The number of aromatic nitrogens is 2. The molecule has 0 saturated heterocycles. The van der Waals surface area contributed by atoms with Crippen molar-refractivity contribution in [3.8, 4) is 0 Å². The van der Waals surface area contributed by atoms with Crippen LogP contribution in [-0.2, 0) is 16.8 Å². The Morgan fingerprint density at radius 1 is 1.53 bits per heavy atom. The molecule has 0 amide bonds. The van der Waals surface area contributed by atoms with Crippen molar-refractivity contribution in [3.05, 3.63) is 11.7 Å². The highest BCUT2D eigenvalue weighted by atomic mass is 16.5. The monoisotopic (exact) mass is 241 g/mol. The van der Waals surface area contributed by atoms with Crippen LogP contribution in [0.2, 0.25) is 0 Å². The number of hydrogen-bond acceptors (Lipinski definition) is 5. The van der Waals surface area contributed by atoms with Gasteiger partial charge in [-0.15, -0.1) is 0 Å². The highest BCUT2D eigenvalue weighted by Gasteiger charge is 2.23. The van der Waals surface area contributed by atoms with Crippen molar-refractivity contribution >= 4 is 5.97 Å². The summed E-state index contributed by atoms with van der Waals surface area (Å²) in [7, 11) is 1.71. The number of rotatable bonds is 4. The van der Waals surface area contributed by atoms with Crippen LogP contribution in [-0.4, -0.2) is 39.2 Å². The first-order chi connectivity index (χ1) is 7.71. The molecule has 0 aromatic carbocycles. The Hall–Kier alpha value is -1.43. The van der Waals surface area contributed by atoms with Gasteiger partial charge in [0.1, 0.15) is 6.04 Å². The molecule has 6 nitrogen and oxygen atoms in total. The summed E-state index contributed by atoms with van der Waals surface area (Å²) in [6, 6.07) is -0.577. The van der Waals surface area contributed by atoms with Gasteiger partial charge in [-0.05, 0) is 14.0 Å². The number of nitrogens with zero attached hydrogens (tertiary/aromatic N) is 3. The molecule has 0 saturated carbocycles. The van der Waals surface area contributed by atoms with E-state index in [0.29, 0.717) is 18.3 Å². The summed E-state index contributed by atoms with van der Waals surface area (Å²) in [5, 5.41) is 12.7. The number of likely N-dealkylation sites (N-methyl/N-ethyl adjacent to an activating group) is 1. The molecule has 0 radical (unpaired) electrons. The number of aliphatic carboxylic acids is 1. The van der Waals surface area contributed by atoms with E-state index < -0.39 is 12.0 Å². The lowest BCUT2D eigenvalue weighted by molar-refractivity contribution is -0.142. The van der Waals surface area contributed by atoms with Crippen molar-refractivity contribution in [2.24, 2.45) is 0 Å². The molecule has 1 unspecified atom stereocenters. The van der Waals surface area contributed by atoms with Crippen molar-refractivity contribution in [1.82, 2.24) is 15.0 Å². The summed E-state index contributed by atoms with van der Waals surface area (Å²) in [6.07, 6.45) is 0. The van der Waals surface area contributed by atoms with E-state index in [1.165, 1.54) is 0 Å². The molecule has 6 heteroatoms.